The van der Waals surface area contributed by atoms with Crippen molar-refractivity contribution in [1.82, 2.24) is 15.3 Å². The van der Waals surface area contributed by atoms with E-state index in [1.807, 2.05) is 17.5 Å². The van der Waals surface area contributed by atoms with Crippen LogP contribution in [0.3, 0.4) is 0 Å². The Kier molecular flexibility index (Phi) is 3.85. The number of H-pyrrole nitrogens is 1. The third kappa shape index (κ3) is 2.87. The number of anilines is 1. The fraction of sp³-hybridized carbons (Fsp3) is 0.294. The van der Waals surface area contributed by atoms with Crippen molar-refractivity contribution < 1.29 is 4.79 Å². The van der Waals surface area contributed by atoms with Gasteiger partial charge in [0.15, 0.2) is 0 Å². The van der Waals surface area contributed by atoms with Gasteiger partial charge in [0.25, 0.3) is 0 Å². The molecule has 4 heterocycles. The molecule has 4 rings (SSSR count). The molecule has 3 aromatic heterocycles. The second-order valence-corrected chi connectivity index (χ2v) is 6.76. The second-order valence-electron chi connectivity index (χ2n) is 5.81. The van der Waals surface area contributed by atoms with E-state index >= 15 is 0 Å². The number of fused-ring (bicyclic) bond motifs is 1. The summed E-state index contributed by atoms with van der Waals surface area (Å²) in [6.07, 6.45) is 3.73. The number of aromatic nitrogens is 2. The largest absolute Gasteiger partial charge is 0.338 e. The minimum absolute atomic E-state index is 0.0441. The van der Waals surface area contributed by atoms with Crippen LogP contribution in [-0.2, 0) is 4.79 Å². The van der Waals surface area contributed by atoms with Crippen molar-refractivity contribution in [3.05, 3.63) is 35.8 Å². The molecule has 0 aliphatic carbocycles. The number of nitrogens with zero attached hydrogens (tertiary/aromatic N) is 1. The first-order valence-electron chi connectivity index (χ1n) is 7.84. The lowest BCUT2D eigenvalue weighted by molar-refractivity contribution is -0.120. The van der Waals surface area contributed by atoms with E-state index in [2.05, 4.69) is 32.7 Å². The number of hydrogen-bond donors (Lipinski definition) is 3. The van der Waals surface area contributed by atoms with E-state index in [-0.39, 0.29) is 11.8 Å². The lowest BCUT2D eigenvalue weighted by Gasteiger charge is -2.22. The van der Waals surface area contributed by atoms with E-state index in [1.165, 1.54) is 0 Å². The number of thiophene rings is 1. The Hall–Kier alpha value is -2.18. The van der Waals surface area contributed by atoms with Crippen LogP contribution in [0.2, 0.25) is 0 Å². The number of carbonyl (C=O) groups is 1. The van der Waals surface area contributed by atoms with Gasteiger partial charge in [-0.15, -0.1) is 11.3 Å². The Morgan fingerprint density at radius 1 is 1.39 bits per heavy atom. The van der Waals surface area contributed by atoms with Gasteiger partial charge in [-0.3, -0.25) is 4.79 Å². The molecule has 1 atom stereocenters. The Morgan fingerprint density at radius 2 is 2.35 bits per heavy atom. The number of aromatic amines is 1. The number of pyridine rings is 1. The van der Waals surface area contributed by atoms with Crippen LogP contribution in [0.1, 0.15) is 12.8 Å². The summed E-state index contributed by atoms with van der Waals surface area (Å²) in [5.41, 5.74) is 2.65. The highest BCUT2D eigenvalue weighted by Crippen LogP contribution is 2.30. The highest BCUT2D eigenvalue weighted by atomic mass is 32.1. The van der Waals surface area contributed by atoms with Crippen LogP contribution in [0.4, 0.5) is 5.69 Å². The van der Waals surface area contributed by atoms with Crippen molar-refractivity contribution in [3.63, 3.8) is 0 Å². The van der Waals surface area contributed by atoms with Crippen molar-refractivity contribution in [2.75, 3.05) is 18.4 Å². The normalized spacial score (nSPS) is 18.2. The molecule has 3 aromatic rings. The molecule has 0 saturated carbocycles. The maximum Gasteiger partial charge on any atom is 0.228 e. The molecule has 5 nitrogen and oxygen atoms in total. The summed E-state index contributed by atoms with van der Waals surface area (Å²) in [4.78, 5) is 21.3. The molecule has 6 heteroatoms. The van der Waals surface area contributed by atoms with Crippen molar-refractivity contribution >= 4 is 34.0 Å². The van der Waals surface area contributed by atoms with Gasteiger partial charge in [0, 0.05) is 18.1 Å². The van der Waals surface area contributed by atoms with Crippen molar-refractivity contribution in [1.29, 1.82) is 0 Å². The van der Waals surface area contributed by atoms with E-state index in [0.717, 1.165) is 53.2 Å². The first kappa shape index (κ1) is 14.4. The first-order valence-corrected chi connectivity index (χ1v) is 8.72. The Balaban J connectivity index is 1.63. The summed E-state index contributed by atoms with van der Waals surface area (Å²) in [6, 6.07) is 8.02. The summed E-state index contributed by atoms with van der Waals surface area (Å²) in [7, 11) is 0. The first-order chi connectivity index (χ1) is 11.3. The zero-order valence-corrected chi connectivity index (χ0v) is 13.5. The minimum atomic E-state index is 0.0441. The molecule has 3 N–H and O–H groups in total. The van der Waals surface area contributed by atoms with E-state index < -0.39 is 0 Å². The zero-order chi connectivity index (χ0) is 15.6. The standard InChI is InChI=1S/C17H18N4OS/c22-17(11-3-1-6-18-10-11)21-13-5-7-19-16-12(13)9-14(20-16)15-4-2-8-23-15/h2,4-5,7-9,11,18H,1,3,6,10H2,(H2,19,20,21,22). The van der Waals surface area contributed by atoms with Gasteiger partial charge in [-0.2, -0.15) is 0 Å². The molecule has 0 bridgehead atoms. The third-order valence-corrected chi connectivity index (χ3v) is 5.15. The number of carbonyl (C=O) groups excluding carboxylic acids is 1. The van der Waals surface area contributed by atoms with Gasteiger partial charge < -0.3 is 15.6 Å². The van der Waals surface area contributed by atoms with E-state index in [0.29, 0.717) is 0 Å². The molecule has 1 aliphatic rings. The quantitative estimate of drug-likeness (QED) is 0.692. The molecule has 118 valence electrons. The van der Waals surface area contributed by atoms with E-state index in [4.69, 9.17) is 0 Å². The predicted molar refractivity (Wildman–Crippen MR) is 93.6 cm³/mol. The number of rotatable bonds is 3. The molecule has 1 amide bonds. The summed E-state index contributed by atoms with van der Waals surface area (Å²) in [5, 5.41) is 9.36. The van der Waals surface area contributed by atoms with Crippen LogP contribution in [-0.4, -0.2) is 29.0 Å². The second kappa shape index (κ2) is 6.14. The van der Waals surface area contributed by atoms with Crippen molar-refractivity contribution in [2.45, 2.75) is 12.8 Å². The Labute approximate surface area is 138 Å². The van der Waals surface area contributed by atoms with Gasteiger partial charge in [-0.1, -0.05) is 6.07 Å². The van der Waals surface area contributed by atoms with Crippen molar-refractivity contribution in [3.8, 4) is 10.6 Å². The van der Waals surface area contributed by atoms with Crippen LogP contribution in [0.25, 0.3) is 21.6 Å². The SMILES string of the molecule is O=C(Nc1ccnc2[nH]c(-c3cccs3)cc12)C1CCCNC1. The molecule has 0 radical (unpaired) electrons. The number of nitrogens with one attached hydrogen (secondary N) is 3. The fourth-order valence-corrected chi connectivity index (χ4v) is 3.71. The average Bonchev–Trinajstić information content (AvgIpc) is 3.25. The fourth-order valence-electron chi connectivity index (χ4n) is 3.01. The molecule has 1 unspecified atom stereocenters. The van der Waals surface area contributed by atoms with Gasteiger partial charge in [-0.05, 0) is 43.0 Å². The van der Waals surface area contributed by atoms with Gasteiger partial charge in [0.05, 0.1) is 22.2 Å². The minimum Gasteiger partial charge on any atom is -0.338 e. The summed E-state index contributed by atoms with van der Waals surface area (Å²) in [5.74, 6) is 0.131. The molecule has 0 aromatic carbocycles. The maximum atomic E-state index is 12.5. The van der Waals surface area contributed by atoms with Gasteiger partial charge >= 0.3 is 0 Å². The number of piperidine rings is 1. The highest BCUT2D eigenvalue weighted by molar-refractivity contribution is 7.13. The molecule has 23 heavy (non-hydrogen) atoms. The Morgan fingerprint density at radius 3 is 3.13 bits per heavy atom. The van der Waals surface area contributed by atoms with Crippen LogP contribution in [0.15, 0.2) is 35.8 Å². The van der Waals surface area contributed by atoms with Crippen LogP contribution in [0, 0.1) is 5.92 Å². The molecule has 1 fully saturated rings. The average molecular weight is 326 g/mol. The highest BCUT2D eigenvalue weighted by Gasteiger charge is 2.21. The zero-order valence-electron chi connectivity index (χ0n) is 12.6. The van der Waals surface area contributed by atoms with E-state index in [9.17, 15) is 4.79 Å². The van der Waals surface area contributed by atoms with Gasteiger partial charge in [0.1, 0.15) is 5.65 Å². The lowest BCUT2D eigenvalue weighted by atomic mass is 9.99. The van der Waals surface area contributed by atoms with Crippen LogP contribution >= 0.6 is 11.3 Å². The summed E-state index contributed by atoms with van der Waals surface area (Å²) in [6.45, 7) is 1.76. The maximum absolute atomic E-state index is 12.5. The topological polar surface area (TPSA) is 69.8 Å². The number of hydrogen-bond acceptors (Lipinski definition) is 4. The van der Waals surface area contributed by atoms with Crippen molar-refractivity contribution in [2.24, 2.45) is 5.92 Å². The predicted octanol–water partition coefficient (Wildman–Crippen LogP) is 3.23. The Bertz CT molecular complexity index is 818. The summed E-state index contributed by atoms with van der Waals surface area (Å²) < 4.78 is 0. The smallest absolute Gasteiger partial charge is 0.228 e. The summed E-state index contributed by atoms with van der Waals surface area (Å²) >= 11 is 1.68. The molecule has 1 saturated heterocycles. The molecule has 0 spiro atoms. The van der Waals surface area contributed by atoms with Gasteiger partial charge in [-0.25, -0.2) is 4.98 Å². The van der Waals surface area contributed by atoms with Crippen LogP contribution in [0.5, 0.6) is 0 Å². The van der Waals surface area contributed by atoms with Crippen LogP contribution < -0.4 is 10.6 Å². The monoisotopic (exact) mass is 326 g/mol. The third-order valence-electron chi connectivity index (χ3n) is 4.24. The molecular formula is C17H18N4OS. The number of amides is 1. The van der Waals surface area contributed by atoms with Gasteiger partial charge in [0.2, 0.25) is 5.91 Å². The van der Waals surface area contributed by atoms with E-state index in [1.54, 1.807) is 17.5 Å². The molecular weight excluding hydrogens is 308 g/mol. The lowest BCUT2D eigenvalue weighted by Crippen LogP contribution is -2.37. The molecule has 1 aliphatic heterocycles.